The van der Waals surface area contributed by atoms with Crippen LogP contribution in [0.2, 0.25) is 0 Å². The van der Waals surface area contributed by atoms with Crippen LogP contribution < -0.4 is 15.8 Å². The first kappa shape index (κ1) is 13.0. The number of carbonyl (C=O) groups excluding carboxylic acids is 1. The number of aryl methyl sites for hydroxylation is 1. The van der Waals surface area contributed by atoms with Gasteiger partial charge in [0.15, 0.2) is 0 Å². The molecule has 1 N–H and O–H groups in total. The van der Waals surface area contributed by atoms with Gasteiger partial charge in [-0.1, -0.05) is 0 Å². The zero-order valence-corrected chi connectivity index (χ0v) is 11.1. The van der Waals surface area contributed by atoms with Gasteiger partial charge < -0.3 is 14.6 Å². The molecule has 0 aliphatic carbocycles. The number of carbonyl (C=O) groups is 1. The number of rotatable bonds is 4. The van der Waals surface area contributed by atoms with Gasteiger partial charge in [0.2, 0.25) is 5.91 Å². The summed E-state index contributed by atoms with van der Waals surface area (Å²) in [7, 11) is 0. The maximum absolute atomic E-state index is 11.4. The first-order valence-corrected chi connectivity index (χ1v) is 6.48. The lowest BCUT2D eigenvalue weighted by Crippen LogP contribution is -2.59. The van der Waals surface area contributed by atoms with Gasteiger partial charge in [-0.15, -0.1) is 0 Å². The number of amides is 1. The number of hydrogen-bond acceptors (Lipinski definition) is 5. The molecule has 2 rings (SSSR count). The summed E-state index contributed by atoms with van der Waals surface area (Å²) in [6.07, 6.45) is 0.438. The average Bonchev–Trinajstić information content (AvgIpc) is 2.21. The summed E-state index contributed by atoms with van der Waals surface area (Å²) < 4.78 is 4.90. The third kappa shape index (κ3) is 3.07. The molecule has 5 nitrogen and oxygen atoms in total. The van der Waals surface area contributed by atoms with Crippen LogP contribution in [0.1, 0.15) is 12.2 Å². The Morgan fingerprint density at radius 1 is 1.56 bits per heavy atom. The van der Waals surface area contributed by atoms with Gasteiger partial charge in [0, 0.05) is 31.3 Å². The van der Waals surface area contributed by atoms with Crippen molar-refractivity contribution in [3.05, 3.63) is 28.3 Å². The van der Waals surface area contributed by atoms with Gasteiger partial charge in [-0.3, -0.25) is 4.79 Å². The Bertz CT molecular complexity index is 494. The lowest BCUT2D eigenvalue weighted by molar-refractivity contribution is -0.121. The van der Waals surface area contributed by atoms with Gasteiger partial charge in [0.25, 0.3) is 0 Å². The van der Waals surface area contributed by atoms with E-state index in [0.29, 0.717) is 17.9 Å². The van der Waals surface area contributed by atoms with Crippen LogP contribution >= 0.6 is 12.6 Å². The van der Waals surface area contributed by atoms with Crippen molar-refractivity contribution in [2.75, 3.05) is 23.7 Å². The van der Waals surface area contributed by atoms with Crippen molar-refractivity contribution in [1.82, 2.24) is 5.32 Å². The van der Waals surface area contributed by atoms with E-state index in [1.54, 1.807) is 6.92 Å². The lowest BCUT2D eigenvalue weighted by atomic mass is 10.1. The number of thiol groups is 1. The van der Waals surface area contributed by atoms with Crippen LogP contribution in [0.25, 0.3) is 0 Å². The predicted octanol–water partition coefficient (Wildman–Crippen LogP) is 0.573. The van der Waals surface area contributed by atoms with Gasteiger partial charge in [-0.05, 0) is 18.7 Å². The maximum atomic E-state index is 11.4. The van der Waals surface area contributed by atoms with Crippen LogP contribution in [0.15, 0.2) is 21.3 Å². The molecule has 1 aliphatic rings. The molecule has 1 aromatic rings. The highest BCUT2D eigenvalue weighted by Crippen LogP contribution is 2.20. The number of anilines is 1. The molecule has 1 aromatic heterocycles. The summed E-state index contributed by atoms with van der Waals surface area (Å²) in [5.41, 5.74) is 0.510. The summed E-state index contributed by atoms with van der Waals surface area (Å²) in [4.78, 5) is 24.6. The number of hydrogen-bond donors (Lipinski definition) is 2. The summed E-state index contributed by atoms with van der Waals surface area (Å²) in [5.74, 6) is 1.18. The Balaban J connectivity index is 1.89. The largest absolute Gasteiger partial charge is 0.428 e. The molecule has 0 spiro atoms. The maximum Gasteiger partial charge on any atom is 0.337 e. The molecule has 1 amide bonds. The van der Waals surface area contributed by atoms with E-state index in [2.05, 4.69) is 17.9 Å². The normalized spacial score (nSPS) is 15.3. The molecule has 1 fully saturated rings. The van der Waals surface area contributed by atoms with E-state index in [-0.39, 0.29) is 17.6 Å². The second-order valence-corrected chi connectivity index (χ2v) is 4.84. The molecule has 0 aromatic carbocycles. The Hall–Kier alpha value is -1.43. The van der Waals surface area contributed by atoms with Gasteiger partial charge in [-0.25, -0.2) is 4.79 Å². The summed E-state index contributed by atoms with van der Waals surface area (Å²) in [6, 6.07) is 3.45. The van der Waals surface area contributed by atoms with Crippen LogP contribution in [0, 0.1) is 6.92 Å². The SMILES string of the molecule is Cc1cc(N2CC(NC(=O)CCS)C2)cc(=O)o1. The van der Waals surface area contributed by atoms with E-state index in [4.69, 9.17) is 4.42 Å². The van der Waals surface area contributed by atoms with Crippen LogP contribution in [0.5, 0.6) is 0 Å². The Morgan fingerprint density at radius 2 is 2.28 bits per heavy atom. The molecule has 18 heavy (non-hydrogen) atoms. The minimum Gasteiger partial charge on any atom is -0.428 e. The molecule has 2 heterocycles. The van der Waals surface area contributed by atoms with E-state index in [0.717, 1.165) is 18.8 Å². The van der Waals surface area contributed by atoms with Crippen molar-refractivity contribution in [3.8, 4) is 0 Å². The predicted molar refractivity (Wildman–Crippen MR) is 72.3 cm³/mol. The van der Waals surface area contributed by atoms with E-state index >= 15 is 0 Å². The van der Waals surface area contributed by atoms with Gasteiger partial charge in [0.1, 0.15) is 5.76 Å². The molecule has 0 atom stereocenters. The molecule has 6 heteroatoms. The zero-order valence-electron chi connectivity index (χ0n) is 10.2. The van der Waals surface area contributed by atoms with E-state index in [1.807, 2.05) is 11.0 Å². The Kier molecular flexibility index (Phi) is 3.96. The topological polar surface area (TPSA) is 62.6 Å². The highest BCUT2D eigenvalue weighted by Gasteiger charge is 2.28. The van der Waals surface area contributed by atoms with Crippen LogP contribution in [-0.4, -0.2) is 30.8 Å². The Morgan fingerprint density at radius 3 is 2.89 bits per heavy atom. The van der Waals surface area contributed by atoms with E-state index in [9.17, 15) is 9.59 Å². The second kappa shape index (κ2) is 5.48. The molecular weight excluding hydrogens is 252 g/mol. The number of nitrogens with zero attached hydrogens (tertiary/aromatic N) is 1. The highest BCUT2D eigenvalue weighted by atomic mass is 32.1. The fraction of sp³-hybridized carbons (Fsp3) is 0.500. The van der Waals surface area contributed by atoms with Crippen molar-refractivity contribution < 1.29 is 9.21 Å². The number of nitrogens with one attached hydrogen (secondary N) is 1. The van der Waals surface area contributed by atoms with Crippen molar-refractivity contribution in [2.24, 2.45) is 0 Å². The molecule has 0 radical (unpaired) electrons. The summed E-state index contributed by atoms with van der Waals surface area (Å²) >= 11 is 4.01. The lowest BCUT2D eigenvalue weighted by Gasteiger charge is -2.41. The third-order valence-corrected chi connectivity index (χ3v) is 3.05. The van der Waals surface area contributed by atoms with Crippen molar-refractivity contribution in [1.29, 1.82) is 0 Å². The van der Waals surface area contributed by atoms with Crippen LogP contribution in [-0.2, 0) is 4.79 Å². The summed E-state index contributed by atoms with van der Waals surface area (Å²) in [6.45, 7) is 3.19. The summed E-state index contributed by atoms with van der Waals surface area (Å²) in [5, 5.41) is 2.92. The van der Waals surface area contributed by atoms with Crippen LogP contribution in [0.4, 0.5) is 5.69 Å². The van der Waals surface area contributed by atoms with Gasteiger partial charge in [-0.2, -0.15) is 12.6 Å². The van der Waals surface area contributed by atoms with Gasteiger partial charge >= 0.3 is 5.63 Å². The van der Waals surface area contributed by atoms with Crippen LogP contribution in [0.3, 0.4) is 0 Å². The third-order valence-electron chi connectivity index (χ3n) is 2.83. The first-order valence-electron chi connectivity index (χ1n) is 5.85. The fourth-order valence-corrected chi connectivity index (χ4v) is 2.16. The minimum absolute atomic E-state index is 0.0263. The molecule has 98 valence electrons. The first-order chi connectivity index (χ1) is 8.58. The molecular formula is C12H16N2O3S. The molecule has 0 saturated carbocycles. The highest BCUT2D eigenvalue weighted by molar-refractivity contribution is 7.80. The zero-order chi connectivity index (χ0) is 13.1. The van der Waals surface area contributed by atoms with Crippen molar-refractivity contribution in [2.45, 2.75) is 19.4 Å². The monoisotopic (exact) mass is 268 g/mol. The molecule has 1 aliphatic heterocycles. The minimum atomic E-state index is -0.340. The molecule has 1 saturated heterocycles. The van der Waals surface area contributed by atoms with E-state index in [1.165, 1.54) is 6.07 Å². The Labute approximate surface area is 111 Å². The van der Waals surface area contributed by atoms with Crippen molar-refractivity contribution >= 4 is 24.2 Å². The van der Waals surface area contributed by atoms with E-state index < -0.39 is 0 Å². The average molecular weight is 268 g/mol. The smallest absolute Gasteiger partial charge is 0.337 e. The second-order valence-electron chi connectivity index (χ2n) is 4.39. The fourth-order valence-electron chi connectivity index (χ4n) is 1.95. The molecule has 0 unspecified atom stereocenters. The quantitative estimate of drug-likeness (QED) is 0.784. The van der Waals surface area contributed by atoms with Gasteiger partial charge in [0.05, 0.1) is 6.04 Å². The molecule has 0 bridgehead atoms. The standard InChI is InChI=1S/C12H16N2O3S/c1-8-4-10(5-12(16)17-8)14-6-9(7-14)13-11(15)2-3-18/h4-5,9,18H,2-3,6-7H2,1H3,(H,13,15). The van der Waals surface area contributed by atoms with Crippen molar-refractivity contribution in [3.63, 3.8) is 0 Å².